The van der Waals surface area contributed by atoms with Crippen LogP contribution in [-0.2, 0) is 11.2 Å². The predicted molar refractivity (Wildman–Crippen MR) is 123 cm³/mol. The first kappa shape index (κ1) is 19.6. The second-order valence-corrected chi connectivity index (χ2v) is 8.46. The van der Waals surface area contributed by atoms with Gasteiger partial charge in [0.1, 0.15) is 5.82 Å². The van der Waals surface area contributed by atoms with Gasteiger partial charge in [0.25, 0.3) is 0 Å². The number of carbonyl (C=O) groups excluding carboxylic acids is 1. The fourth-order valence-electron chi connectivity index (χ4n) is 3.68. The highest BCUT2D eigenvalue weighted by atomic mass is 32.1. The van der Waals surface area contributed by atoms with Gasteiger partial charge < -0.3 is 15.4 Å². The number of carbonyl (C=O) groups is 1. The number of ketones is 1. The molecule has 0 spiro atoms. The van der Waals surface area contributed by atoms with Crippen LogP contribution in [0.5, 0.6) is 0 Å². The van der Waals surface area contributed by atoms with Crippen LogP contribution in [-0.4, -0.2) is 47.0 Å². The van der Waals surface area contributed by atoms with Gasteiger partial charge in [0.2, 0.25) is 0 Å². The molecule has 3 aromatic heterocycles. The molecule has 7 nitrogen and oxygen atoms in total. The molecule has 1 fully saturated rings. The Hall–Kier alpha value is -3.36. The normalized spacial score (nSPS) is 14.1. The Bertz CT molecular complexity index is 1250. The lowest BCUT2D eigenvalue weighted by molar-refractivity contribution is 0.0992. The summed E-state index contributed by atoms with van der Waals surface area (Å²) in [5.74, 6) is 0.837. The molecule has 1 saturated heterocycles. The van der Waals surface area contributed by atoms with E-state index in [1.807, 2.05) is 30.5 Å². The maximum absolute atomic E-state index is 12.9. The molecule has 0 bridgehead atoms. The van der Waals surface area contributed by atoms with E-state index in [-0.39, 0.29) is 12.2 Å². The molecule has 0 unspecified atom stereocenters. The van der Waals surface area contributed by atoms with Crippen LogP contribution in [0.3, 0.4) is 0 Å². The van der Waals surface area contributed by atoms with Gasteiger partial charge in [0.05, 0.1) is 24.5 Å². The summed E-state index contributed by atoms with van der Waals surface area (Å²) in [7, 11) is 0. The lowest BCUT2D eigenvalue weighted by Gasteiger charge is -2.27. The minimum Gasteiger partial charge on any atom is -0.378 e. The number of morpholine rings is 1. The van der Waals surface area contributed by atoms with Crippen LogP contribution in [0, 0.1) is 0 Å². The van der Waals surface area contributed by atoms with Crippen LogP contribution in [0.15, 0.2) is 55.0 Å². The second-order valence-electron chi connectivity index (χ2n) is 7.40. The molecule has 1 aliphatic rings. The van der Waals surface area contributed by atoms with Crippen molar-refractivity contribution in [1.29, 1.82) is 0 Å². The van der Waals surface area contributed by atoms with Gasteiger partial charge >= 0.3 is 0 Å². The van der Waals surface area contributed by atoms with Gasteiger partial charge in [-0.1, -0.05) is 23.5 Å². The smallest absolute Gasteiger partial charge is 0.180 e. The number of aromatic nitrogens is 3. The summed E-state index contributed by atoms with van der Waals surface area (Å²) in [5.41, 5.74) is 8.20. The first-order valence-corrected chi connectivity index (χ1v) is 10.9. The third-order valence-electron chi connectivity index (χ3n) is 5.33. The van der Waals surface area contributed by atoms with Gasteiger partial charge in [-0.3, -0.25) is 9.78 Å². The second kappa shape index (κ2) is 8.41. The molecule has 5 rings (SSSR count). The lowest BCUT2D eigenvalue weighted by atomic mass is 10.0. The highest BCUT2D eigenvalue weighted by Gasteiger charge is 2.15. The summed E-state index contributed by atoms with van der Waals surface area (Å²) in [6.07, 6.45) is 5.52. The predicted octanol–water partition coefficient (Wildman–Crippen LogP) is 3.60. The first-order chi connectivity index (χ1) is 15.2. The van der Waals surface area contributed by atoms with Gasteiger partial charge in [0, 0.05) is 48.3 Å². The molecule has 4 heterocycles. The summed E-state index contributed by atoms with van der Waals surface area (Å²) in [6.45, 7) is 2.92. The average Bonchev–Trinajstić information content (AvgIpc) is 3.25. The number of anilines is 2. The number of fused-ring (bicyclic) bond motifs is 1. The molecule has 0 radical (unpaired) electrons. The summed E-state index contributed by atoms with van der Waals surface area (Å²) >= 11 is 1.45. The van der Waals surface area contributed by atoms with Crippen LogP contribution in [0.4, 0.5) is 10.9 Å². The highest BCUT2D eigenvalue weighted by molar-refractivity contribution is 7.18. The van der Waals surface area contributed by atoms with Gasteiger partial charge in [-0.25, -0.2) is 9.97 Å². The number of nitrogens with zero attached hydrogens (tertiary/aromatic N) is 4. The monoisotopic (exact) mass is 431 g/mol. The molecular weight excluding hydrogens is 410 g/mol. The number of pyridine rings is 2. The zero-order chi connectivity index (χ0) is 21.2. The van der Waals surface area contributed by atoms with E-state index in [2.05, 4.69) is 25.9 Å². The van der Waals surface area contributed by atoms with Gasteiger partial charge in [-0.2, -0.15) is 0 Å². The van der Waals surface area contributed by atoms with Gasteiger partial charge in [-0.05, 0) is 35.2 Å². The molecule has 156 valence electrons. The molecule has 1 aromatic carbocycles. The van der Waals surface area contributed by atoms with Crippen molar-refractivity contribution in [1.82, 2.24) is 15.0 Å². The van der Waals surface area contributed by atoms with Crippen LogP contribution >= 0.6 is 11.3 Å². The lowest BCUT2D eigenvalue weighted by Crippen LogP contribution is -2.36. The molecule has 0 aliphatic carbocycles. The van der Waals surface area contributed by atoms with E-state index < -0.39 is 0 Å². The van der Waals surface area contributed by atoms with Crippen molar-refractivity contribution in [3.05, 3.63) is 66.2 Å². The number of Topliss-reactive ketones (excluding diaryl/α,β-unsaturated/α-hetero) is 1. The van der Waals surface area contributed by atoms with E-state index >= 15 is 0 Å². The third-order valence-corrected chi connectivity index (χ3v) is 6.21. The third kappa shape index (κ3) is 4.26. The molecule has 4 aromatic rings. The van der Waals surface area contributed by atoms with E-state index in [0.29, 0.717) is 23.9 Å². The Labute approximate surface area is 183 Å². The number of ether oxygens (including phenoxy) is 1. The molecule has 31 heavy (non-hydrogen) atoms. The van der Waals surface area contributed by atoms with Crippen molar-refractivity contribution in [2.24, 2.45) is 0 Å². The molecule has 8 heteroatoms. The quantitative estimate of drug-likeness (QED) is 0.483. The molecule has 1 aliphatic heterocycles. The van der Waals surface area contributed by atoms with E-state index in [1.165, 1.54) is 11.3 Å². The number of nitrogen functional groups attached to an aromatic ring is 1. The average molecular weight is 432 g/mol. The highest BCUT2D eigenvalue weighted by Crippen LogP contribution is 2.30. The fraction of sp³-hybridized carbons (Fsp3) is 0.217. The largest absolute Gasteiger partial charge is 0.378 e. The standard InChI is InChI=1S/C23H21N5O2S/c24-23-27-14-21(31-23)16-1-2-17-13-26-19(10-18(17)9-16)12-20(29)15-3-4-25-22(11-15)28-5-7-30-8-6-28/h1-4,9-11,13-14H,5-8,12H2,(H2,24,27). The van der Waals surface area contributed by atoms with E-state index in [0.717, 1.165) is 45.8 Å². The Balaban J connectivity index is 1.37. The number of rotatable bonds is 5. The Morgan fingerprint density at radius 3 is 2.71 bits per heavy atom. The molecule has 0 amide bonds. The van der Waals surface area contributed by atoms with Gasteiger partial charge in [-0.15, -0.1) is 0 Å². The SMILES string of the molecule is Nc1ncc(-c2ccc3cnc(CC(=O)c4ccnc(N5CCOCC5)c4)cc3c2)s1. The molecule has 2 N–H and O–H groups in total. The Kier molecular flexibility index (Phi) is 5.31. The Morgan fingerprint density at radius 1 is 1.03 bits per heavy atom. The minimum absolute atomic E-state index is 0.0233. The van der Waals surface area contributed by atoms with Gasteiger partial charge in [0.15, 0.2) is 10.9 Å². The van der Waals surface area contributed by atoms with E-state index in [9.17, 15) is 4.79 Å². The maximum Gasteiger partial charge on any atom is 0.180 e. The van der Waals surface area contributed by atoms with Crippen LogP contribution in [0.2, 0.25) is 0 Å². The van der Waals surface area contributed by atoms with E-state index in [1.54, 1.807) is 18.5 Å². The molecule has 0 saturated carbocycles. The van der Waals surface area contributed by atoms with Crippen LogP contribution < -0.4 is 10.6 Å². The zero-order valence-electron chi connectivity index (χ0n) is 16.8. The van der Waals surface area contributed by atoms with Crippen molar-refractivity contribution in [3.63, 3.8) is 0 Å². The summed E-state index contributed by atoms with van der Waals surface area (Å²) in [5, 5.41) is 2.60. The van der Waals surface area contributed by atoms with Crippen molar-refractivity contribution in [2.45, 2.75) is 6.42 Å². The number of hydrogen-bond acceptors (Lipinski definition) is 8. The number of thiazole rings is 1. The van der Waals surface area contributed by atoms with E-state index in [4.69, 9.17) is 10.5 Å². The van der Waals surface area contributed by atoms with Crippen LogP contribution in [0.25, 0.3) is 21.2 Å². The topological polar surface area (TPSA) is 94.2 Å². The fourth-order valence-corrected chi connectivity index (χ4v) is 4.36. The van der Waals surface area contributed by atoms with Crippen LogP contribution in [0.1, 0.15) is 16.1 Å². The Morgan fingerprint density at radius 2 is 1.90 bits per heavy atom. The molecular formula is C23H21N5O2S. The summed E-state index contributed by atoms with van der Waals surface area (Å²) in [6, 6.07) is 11.7. The first-order valence-electron chi connectivity index (χ1n) is 10.1. The zero-order valence-corrected chi connectivity index (χ0v) is 17.6. The number of nitrogens with two attached hydrogens (primary N) is 1. The molecule has 0 atom stereocenters. The summed E-state index contributed by atoms with van der Waals surface area (Å²) < 4.78 is 5.40. The number of benzene rings is 1. The van der Waals surface area contributed by atoms with Crippen molar-refractivity contribution in [2.75, 3.05) is 36.9 Å². The minimum atomic E-state index is 0.0233. The van der Waals surface area contributed by atoms with Crippen molar-refractivity contribution in [3.8, 4) is 10.4 Å². The van der Waals surface area contributed by atoms with Crippen molar-refractivity contribution >= 4 is 38.8 Å². The maximum atomic E-state index is 12.9. The number of hydrogen-bond donors (Lipinski definition) is 1. The summed E-state index contributed by atoms with van der Waals surface area (Å²) in [4.78, 5) is 29.2. The van der Waals surface area contributed by atoms with Crippen molar-refractivity contribution < 1.29 is 9.53 Å².